The van der Waals surface area contributed by atoms with Gasteiger partial charge in [0.15, 0.2) is 5.58 Å². The van der Waals surface area contributed by atoms with Crippen LogP contribution in [0.5, 0.6) is 0 Å². The molecule has 0 N–H and O–H groups in total. The van der Waals surface area contributed by atoms with E-state index in [4.69, 9.17) is 4.42 Å². The lowest BCUT2D eigenvalue weighted by Gasteiger charge is -2.11. The summed E-state index contributed by atoms with van der Waals surface area (Å²) in [6.45, 7) is 6.81. The maximum Gasteiger partial charge on any atom is 0.420 e. The van der Waals surface area contributed by atoms with Gasteiger partial charge >= 0.3 is 5.76 Å². The van der Waals surface area contributed by atoms with Crippen LogP contribution in [0, 0.1) is 24.3 Å². The molecule has 0 radical (unpaired) electrons. The third-order valence-corrected chi connectivity index (χ3v) is 4.46. The van der Waals surface area contributed by atoms with Crippen LogP contribution in [0.15, 0.2) is 39.5 Å². The van der Waals surface area contributed by atoms with Crippen molar-refractivity contribution in [2.75, 3.05) is 0 Å². The van der Waals surface area contributed by atoms with Crippen molar-refractivity contribution in [3.8, 4) is 0 Å². The van der Waals surface area contributed by atoms with Crippen molar-refractivity contribution in [2.24, 2.45) is 0 Å². The van der Waals surface area contributed by atoms with Crippen LogP contribution in [0.25, 0.3) is 11.1 Å². The first-order chi connectivity index (χ1) is 9.95. The molecule has 3 aromatic rings. The van der Waals surface area contributed by atoms with Gasteiger partial charge in [-0.2, -0.15) is 0 Å². The largest absolute Gasteiger partial charge is 0.420 e. The van der Waals surface area contributed by atoms with Gasteiger partial charge in [-0.1, -0.05) is 17.7 Å². The Morgan fingerprint density at radius 2 is 1.76 bits per heavy atom. The summed E-state index contributed by atoms with van der Waals surface area (Å²) >= 11 is 2.22. The van der Waals surface area contributed by atoms with Crippen molar-refractivity contribution in [2.45, 2.75) is 27.3 Å². The zero-order chi connectivity index (χ0) is 15.1. The van der Waals surface area contributed by atoms with E-state index in [0.717, 1.165) is 9.09 Å². The number of fused-ring (bicyclic) bond motifs is 1. The van der Waals surface area contributed by atoms with Crippen LogP contribution in [0.4, 0.5) is 0 Å². The number of hydrogen-bond donors (Lipinski definition) is 0. The maximum atomic E-state index is 12.1. The summed E-state index contributed by atoms with van der Waals surface area (Å²) < 4.78 is 8.12. The van der Waals surface area contributed by atoms with Gasteiger partial charge in [0.05, 0.1) is 12.1 Å². The Kier molecular flexibility index (Phi) is 3.65. The quantitative estimate of drug-likeness (QED) is 0.613. The molecule has 0 fully saturated rings. The van der Waals surface area contributed by atoms with E-state index in [0.29, 0.717) is 12.1 Å². The van der Waals surface area contributed by atoms with Crippen molar-refractivity contribution in [1.29, 1.82) is 0 Å². The van der Waals surface area contributed by atoms with E-state index < -0.39 is 0 Å². The number of oxazole rings is 1. The van der Waals surface area contributed by atoms with Gasteiger partial charge in [0.1, 0.15) is 0 Å². The summed E-state index contributed by atoms with van der Waals surface area (Å²) in [6, 6.07) is 10.1. The van der Waals surface area contributed by atoms with Crippen molar-refractivity contribution in [1.82, 2.24) is 4.57 Å². The molecule has 0 atom stereocenters. The van der Waals surface area contributed by atoms with Crippen LogP contribution in [-0.2, 0) is 6.54 Å². The van der Waals surface area contributed by atoms with Crippen LogP contribution < -0.4 is 5.76 Å². The van der Waals surface area contributed by atoms with E-state index in [1.165, 1.54) is 22.3 Å². The minimum Gasteiger partial charge on any atom is -0.408 e. The highest BCUT2D eigenvalue weighted by molar-refractivity contribution is 14.1. The van der Waals surface area contributed by atoms with Gasteiger partial charge in [-0.25, -0.2) is 4.79 Å². The normalized spacial score (nSPS) is 11.2. The molecule has 4 heteroatoms. The van der Waals surface area contributed by atoms with Crippen molar-refractivity contribution < 1.29 is 4.42 Å². The fraction of sp³-hybridized carbons (Fsp3) is 0.235. The molecule has 0 aliphatic heterocycles. The summed E-state index contributed by atoms with van der Waals surface area (Å²) in [5, 5.41) is 0. The minimum absolute atomic E-state index is 0.300. The molecule has 1 aromatic heterocycles. The SMILES string of the molecule is Cc1cc(C)c(Cn2c(=O)oc3cc(I)ccc32)c(C)c1. The average Bonchev–Trinajstić information content (AvgIpc) is 2.68. The summed E-state index contributed by atoms with van der Waals surface area (Å²) in [5.74, 6) is -0.300. The minimum atomic E-state index is -0.300. The predicted molar refractivity (Wildman–Crippen MR) is 92.9 cm³/mol. The Morgan fingerprint density at radius 1 is 1.10 bits per heavy atom. The van der Waals surface area contributed by atoms with Crippen LogP contribution in [0.3, 0.4) is 0 Å². The maximum absolute atomic E-state index is 12.1. The molecule has 0 saturated carbocycles. The second kappa shape index (κ2) is 5.33. The molecule has 3 nitrogen and oxygen atoms in total. The van der Waals surface area contributed by atoms with Crippen molar-refractivity contribution >= 4 is 33.7 Å². The highest BCUT2D eigenvalue weighted by atomic mass is 127. The van der Waals surface area contributed by atoms with Gasteiger partial charge in [-0.15, -0.1) is 0 Å². The molecule has 0 unspecified atom stereocenters. The smallest absolute Gasteiger partial charge is 0.408 e. The molecule has 0 saturated heterocycles. The molecule has 0 spiro atoms. The first-order valence-electron chi connectivity index (χ1n) is 6.81. The molecule has 108 valence electrons. The first kappa shape index (κ1) is 14.4. The van der Waals surface area contributed by atoms with Gasteiger partial charge in [-0.05, 0) is 78.3 Å². The predicted octanol–water partition coefficient (Wildman–Crippen LogP) is 4.17. The van der Waals surface area contributed by atoms with Gasteiger partial charge < -0.3 is 4.42 Å². The van der Waals surface area contributed by atoms with E-state index in [1.54, 1.807) is 4.57 Å². The second-order valence-corrected chi connectivity index (χ2v) is 6.69. The number of rotatable bonds is 2. The van der Waals surface area contributed by atoms with Crippen LogP contribution in [-0.4, -0.2) is 4.57 Å². The van der Waals surface area contributed by atoms with E-state index in [2.05, 4.69) is 55.5 Å². The number of benzene rings is 2. The zero-order valence-corrected chi connectivity index (χ0v) is 14.4. The summed E-state index contributed by atoms with van der Waals surface area (Å²) in [5.41, 5.74) is 6.34. The lowest BCUT2D eigenvalue weighted by molar-refractivity contribution is 0.517. The highest BCUT2D eigenvalue weighted by Crippen LogP contribution is 2.21. The summed E-state index contributed by atoms with van der Waals surface area (Å²) in [7, 11) is 0. The number of nitrogens with zero attached hydrogens (tertiary/aromatic N) is 1. The lowest BCUT2D eigenvalue weighted by atomic mass is 10.00. The second-order valence-electron chi connectivity index (χ2n) is 5.44. The van der Waals surface area contributed by atoms with Gasteiger partial charge in [-0.3, -0.25) is 4.57 Å². The lowest BCUT2D eigenvalue weighted by Crippen LogP contribution is -2.16. The average molecular weight is 393 g/mol. The Balaban J connectivity index is 2.15. The van der Waals surface area contributed by atoms with Gasteiger partial charge in [0.2, 0.25) is 0 Å². The van der Waals surface area contributed by atoms with Crippen molar-refractivity contribution in [3.63, 3.8) is 0 Å². The summed E-state index contributed by atoms with van der Waals surface area (Å²) in [4.78, 5) is 12.1. The van der Waals surface area contributed by atoms with Gasteiger partial charge in [0, 0.05) is 3.57 Å². The Labute approximate surface area is 136 Å². The molecule has 21 heavy (non-hydrogen) atoms. The summed E-state index contributed by atoms with van der Waals surface area (Å²) in [6.07, 6.45) is 0. The highest BCUT2D eigenvalue weighted by Gasteiger charge is 2.12. The third-order valence-electron chi connectivity index (χ3n) is 3.79. The Bertz CT molecular complexity index is 866. The molecule has 1 heterocycles. The molecule has 0 amide bonds. The van der Waals surface area contributed by atoms with E-state index in [1.807, 2.05) is 18.2 Å². The van der Waals surface area contributed by atoms with Crippen LogP contribution >= 0.6 is 22.6 Å². The van der Waals surface area contributed by atoms with E-state index >= 15 is 0 Å². The molecule has 2 aromatic carbocycles. The molecular formula is C17H16INO2. The third kappa shape index (κ3) is 2.64. The first-order valence-corrected chi connectivity index (χ1v) is 7.89. The molecular weight excluding hydrogens is 377 g/mol. The number of aryl methyl sites for hydroxylation is 3. The van der Waals surface area contributed by atoms with E-state index in [-0.39, 0.29) is 5.76 Å². The standard InChI is InChI=1S/C17H16INO2/c1-10-6-11(2)14(12(3)7-10)9-19-15-5-4-13(18)8-16(15)21-17(19)20/h4-8H,9H2,1-3H3. The Hall–Kier alpha value is -1.56. The molecule has 0 bridgehead atoms. The number of hydrogen-bond acceptors (Lipinski definition) is 2. The number of halogens is 1. The number of aromatic nitrogens is 1. The fourth-order valence-electron chi connectivity index (χ4n) is 2.81. The zero-order valence-electron chi connectivity index (χ0n) is 12.2. The fourth-order valence-corrected chi connectivity index (χ4v) is 3.27. The Morgan fingerprint density at radius 3 is 2.43 bits per heavy atom. The van der Waals surface area contributed by atoms with Crippen LogP contribution in [0.2, 0.25) is 0 Å². The molecule has 0 aliphatic rings. The van der Waals surface area contributed by atoms with Gasteiger partial charge in [0.25, 0.3) is 0 Å². The molecule has 3 rings (SSSR count). The van der Waals surface area contributed by atoms with Crippen molar-refractivity contribution in [3.05, 3.63) is 66.7 Å². The molecule has 0 aliphatic carbocycles. The van der Waals surface area contributed by atoms with E-state index in [9.17, 15) is 4.79 Å². The van der Waals surface area contributed by atoms with Crippen LogP contribution in [0.1, 0.15) is 22.3 Å². The topological polar surface area (TPSA) is 35.1 Å². The monoisotopic (exact) mass is 393 g/mol.